The number of aryl methyl sites for hydroxylation is 1. The number of carbonyl (C=O) groups excluding carboxylic acids is 1. The van der Waals surface area contributed by atoms with Gasteiger partial charge in [0.25, 0.3) is 5.91 Å². The highest BCUT2D eigenvalue weighted by Crippen LogP contribution is 2.27. The Kier molecular flexibility index (Phi) is 5.68. The Morgan fingerprint density at radius 2 is 2.07 bits per heavy atom. The maximum Gasteiger partial charge on any atom is 0.259 e. The average molecular weight is 398 g/mol. The van der Waals surface area contributed by atoms with Gasteiger partial charge in [-0.3, -0.25) is 4.79 Å². The van der Waals surface area contributed by atoms with Gasteiger partial charge in [0.2, 0.25) is 5.89 Å². The van der Waals surface area contributed by atoms with Gasteiger partial charge in [-0.1, -0.05) is 40.6 Å². The first-order valence-corrected chi connectivity index (χ1v) is 9.38. The van der Waals surface area contributed by atoms with Crippen molar-refractivity contribution in [2.24, 2.45) is 0 Å². The van der Waals surface area contributed by atoms with Crippen LogP contribution in [0.15, 0.2) is 39.4 Å². The molecule has 1 aliphatic rings. The maximum atomic E-state index is 13.3. The molecule has 3 aromatic rings. The van der Waals surface area contributed by atoms with E-state index in [2.05, 4.69) is 15.3 Å². The number of morpholine rings is 1. The lowest BCUT2D eigenvalue weighted by Crippen LogP contribution is -2.46. The average Bonchev–Trinajstić information content (AvgIpc) is 3.35. The van der Waals surface area contributed by atoms with Crippen LogP contribution >= 0.6 is 0 Å². The normalized spacial score (nSPS) is 16.9. The number of methoxy groups -OCH3 is 1. The molecule has 2 aromatic heterocycles. The topological polar surface area (TPSA) is 104 Å². The van der Waals surface area contributed by atoms with Crippen LogP contribution in [0.1, 0.15) is 27.8 Å². The fourth-order valence-electron chi connectivity index (χ4n) is 3.36. The van der Waals surface area contributed by atoms with Gasteiger partial charge in [-0.05, 0) is 6.92 Å². The summed E-state index contributed by atoms with van der Waals surface area (Å²) in [6.07, 6.45) is 0.193. The van der Waals surface area contributed by atoms with Crippen molar-refractivity contribution in [3.63, 3.8) is 0 Å². The van der Waals surface area contributed by atoms with Crippen molar-refractivity contribution in [1.29, 1.82) is 0 Å². The summed E-state index contributed by atoms with van der Waals surface area (Å²) in [5.74, 6) is 1.32. The molecule has 1 amide bonds. The molecule has 9 heteroatoms. The van der Waals surface area contributed by atoms with Crippen molar-refractivity contribution in [1.82, 2.24) is 20.2 Å². The van der Waals surface area contributed by atoms with E-state index < -0.39 is 0 Å². The molecule has 0 radical (unpaired) electrons. The first-order valence-electron chi connectivity index (χ1n) is 9.38. The van der Waals surface area contributed by atoms with E-state index in [0.717, 1.165) is 5.56 Å². The fraction of sp³-hybridized carbons (Fsp3) is 0.400. The number of benzene rings is 1. The zero-order valence-electron chi connectivity index (χ0n) is 16.3. The van der Waals surface area contributed by atoms with Gasteiger partial charge >= 0.3 is 0 Å². The second kappa shape index (κ2) is 8.54. The van der Waals surface area contributed by atoms with Gasteiger partial charge in [-0.2, -0.15) is 4.98 Å². The zero-order valence-corrected chi connectivity index (χ0v) is 16.3. The number of ether oxygens (including phenoxy) is 2. The predicted molar refractivity (Wildman–Crippen MR) is 101 cm³/mol. The highest BCUT2D eigenvalue weighted by Gasteiger charge is 2.31. The van der Waals surface area contributed by atoms with Gasteiger partial charge in [0.1, 0.15) is 23.6 Å². The van der Waals surface area contributed by atoms with Gasteiger partial charge in [0, 0.05) is 25.8 Å². The molecular formula is C20H22N4O5. The standard InChI is InChI=1S/C20H22N4O5/c1-13-18(19(23-28-13)14-6-4-3-5-7-14)20(25)24-8-9-27-15(11-24)10-17-21-16(12-26-2)22-29-17/h3-7,15H,8-12H2,1-2H3/t15-/m0/s1. The molecule has 0 bridgehead atoms. The summed E-state index contributed by atoms with van der Waals surface area (Å²) in [6.45, 7) is 3.38. The van der Waals surface area contributed by atoms with Crippen LogP contribution in [0.3, 0.4) is 0 Å². The molecule has 1 atom stereocenters. The molecule has 3 heterocycles. The molecule has 4 rings (SSSR count). The minimum atomic E-state index is -0.233. The summed E-state index contributed by atoms with van der Waals surface area (Å²) in [7, 11) is 1.57. The molecule has 29 heavy (non-hydrogen) atoms. The highest BCUT2D eigenvalue weighted by atomic mass is 16.5. The number of amides is 1. The minimum Gasteiger partial charge on any atom is -0.377 e. The van der Waals surface area contributed by atoms with E-state index >= 15 is 0 Å². The van der Waals surface area contributed by atoms with E-state index in [0.29, 0.717) is 54.8 Å². The Bertz CT molecular complexity index is 968. The molecule has 0 unspecified atom stereocenters. The van der Waals surface area contributed by atoms with Crippen LogP contribution < -0.4 is 0 Å². The smallest absolute Gasteiger partial charge is 0.259 e. The molecule has 9 nitrogen and oxygen atoms in total. The second-order valence-corrected chi connectivity index (χ2v) is 6.81. The quantitative estimate of drug-likeness (QED) is 0.623. The van der Waals surface area contributed by atoms with Gasteiger partial charge in [-0.25, -0.2) is 0 Å². The first-order chi connectivity index (χ1) is 14.2. The lowest BCUT2D eigenvalue weighted by Gasteiger charge is -2.32. The third kappa shape index (κ3) is 4.20. The minimum absolute atomic E-state index is 0.124. The number of carbonyl (C=O) groups is 1. The number of rotatable bonds is 6. The van der Waals surface area contributed by atoms with Crippen LogP contribution in [0.4, 0.5) is 0 Å². The van der Waals surface area contributed by atoms with Gasteiger partial charge in [0.15, 0.2) is 5.82 Å². The summed E-state index contributed by atoms with van der Waals surface area (Å²) in [5, 5.41) is 7.97. The van der Waals surface area contributed by atoms with Crippen molar-refractivity contribution < 1.29 is 23.3 Å². The first kappa shape index (κ1) is 19.3. The predicted octanol–water partition coefficient (Wildman–Crippen LogP) is 2.26. The summed E-state index contributed by atoms with van der Waals surface area (Å²) < 4.78 is 21.4. The van der Waals surface area contributed by atoms with E-state index in [1.54, 1.807) is 18.9 Å². The largest absolute Gasteiger partial charge is 0.377 e. The van der Waals surface area contributed by atoms with Crippen LogP contribution in [0.2, 0.25) is 0 Å². The maximum absolute atomic E-state index is 13.3. The number of hydrogen-bond acceptors (Lipinski definition) is 8. The van der Waals surface area contributed by atoms with Gasteiger partial charge < -0.3 is 23.4 Å². The molecule has 0 N–H and O–H groups in total. The molecular weight excluding hydrogens is 376 g/mol. The molecule has 0 saturated carbocycles. The van der Waals surface area contributed by atoms with Crippen molar-refractivity contribution in [2.45, 2.75) is 26.1 Å². The molecule has 1 aliphatic heterocycles. The Balaban J connectivity index is 1.49. The van der Waals surface area contributed by atoms with Gasteiger partial charge in [0.05, 0.1) is 19.1 Å². The van der Waals surface area contributed by atoms with Gasteiger partial charge in [-0.15, -0.1) is 0 Å². The van der Waals surface area contributed by atoms with E-state index in [4.69, 9.17) is 18.5 Å². The summed E-state index contributed by atoms with van der Waals surface area (Å²) in [5.41, 5.74) is 1.88. The van der Waals surface area contributed by atoms with Crippen molar-refractivity contribution in [3.05, 3.63) is 53.4 Å². The monoisotopic (exact) mass is 398 g/mol. The third-order valence-corrected chi connectivity index (χ3v) is 4.74. The van der Waals surface area contributed by atoms with E-state index in [1.807, 2.05) is 30.3 Å². The number of hydrogen-bond donors (Lipinski definition) is 0. The number of nitrogens with zero attached hydrogens (tertiary/aromatic N) is 4. The Labute approximate surface area is 167 Å². The highest BCUT2D eigenvalue weighted by molar-refractivity contribution is 6.00. The summed E-state index contributed by atoms with van der Waals surface area (Å²) in [4.78, 5) is 19.3. The molecule has 1 fully saturated rings. The molecule has 1 aromatic carbocycles. The second-order valence-electron chi connectivity index (χ2n) is 6.81. The van der Waals surface area contributed by atoms with E-state index in [-0.39, 0.29) is 18.6 Å². The molecule has 152 valence electrons. The molecule has 0 spiro atoms. The van der Waals surface area contributed by atoms with Crippen molar-refractivity contribution in [3.8, 4) is 11.3 Å². The van der Waals surface area contributed by atoms with Crippen LogP contribution in [0.5, 0.6) is 0 Å². The molecule has 0 aliphatic carbocycles. The Morgan fingerprint density at radius 3 is 2.86 bits per heavy atom. The van der Waals surface area contributed by atoms with Crippen LogP contribution in [0, 0.1) is 6.92 Å². The van der Waals surface area contributed by atoms with Crippen molar-refractivity contribution >= 4 is 5.91 Å². The lowest BCUT2D eigenvalue weighted by molar-refractivity contribution is -0.0237. The zero-order chi connectivity index (χ0) is 20.2. The van der Waals surface area contributed by atoms with Crippen LogP contribution in [0.25, 0.3) is 11.3 Å². The molecule has 1 saturated heterocycles. The van der Waals surface area contributed by atoms with E-state index in [9.17, 15) is 4.79 Å². The summed E-state index contributed by atoms with van der Waals surface area (Å²) in [6, 6.07) is 9.54. The van der Waals surface area contributed by atoms with Crippen LogP contribution in [-0.4, -0.2) is 59.0 Å². The van der Waals surface area contributed by atoms with Crippen LogP contribution in [-0.2, 0) is 22.5 Å². The fourth-order valence-corrected chi connectivity index (χ4v) is 3.36. The SMILES string of the molecule is COCc1noc(C[C@H]2CN(C(=O)c3c(-c4ccccc4)noc3C)CCO2)n1. The number of aromatic nitrogens is 3. The third-order valence-electron chi connectivity index (χ3n) is 4.74. The Morgan fingerprint density at radius 1 is 1.24 bits per heavy atom. The summed E-state index contributed by atoms with van der Waals surface area (Å²) >= 11 is 0. The lowest BCUT2D eigenvalue weighted by atomic mass is 10.0. The Hall–Kier alpha value is -3.04. The van der Waals surface area contributed by atoms with E-state index in [1.165, 1.54) is 0 Å². The van der Waals surface area contributed by atoms with Crippen molar-refractivity contribution in [2.75, 3.05) is 26.8 Å².